The summed E-state index contributed by atoms with van der Waals surface area (Å²) >= 11 is 0. The Bertz CT molecular complexity index is 1220. The van der Waals surface area contributed by atoms with Crippen LogP contribution in [-0.2, 0) is 27.2 Å². The van der Waals surface area contributed by atoms with Gasteiger partial charge in [-0.15, -0.1) is 0 Å². The molecule has 2 amide bonds. The number of aromatic carboxylic acids is 1. The Morgan fingerprint density at radius 3 is 2.37 bits per heavy atom. The third-order valence-corrected chi connectivity index (χ3v) is 6.38. The van der Waals surface area contributed by atoms with Crippen LogP contribution in [0, 0.1) is 0 Å². The number of benzene rings is 2. The van der Waals surface area contributed by atoms with E-state index in [4.69, 9.17) is 0 Å². The third-order valence-electron chi connectivity index (χ3n) is 6.38. The van der Waals surface area contributed by atoms with Gasteiger partial charge in [-0.05, 0) is 60.6 Å². The van der Waals surface area contributed by atoms with Crippen LogP contribution in [0.5, 0.6) is 5.75 Å². The molecule has 1 heterocycles. The molecule has 12 heteroatoms. The molecule has 0 saturated carbocycles. The summed E-state index contributed by atoms with van der Waals surface area (Å²) in [6.45, 7) is 0.128. The van der Waals surface area contributed by atoms with E-state index >= 15 is 0 Å². The number of amides is 2. The Morgan fingerprint density at radius 2 is 1.74 bits per heavy atom. The number of rotatable bonds is 7. The maximum Gasteiger partial charge on any atom is 0.335 e. The van der Waals surface area contributed by atoms with Crippen molar-refractivity contribution in [2.24, 2.45) is 0 Å². The molecule has 8 N–H and O–H groups in total. The zero-order valence-corrected chi connectivity index (χ0v) is 21.0. The lowest BCUT2D eigenvalue weighted by molar-refractivity contribution is -0.142. The molecule has 0 aromatic heterocycles. The summed E-state index contributed by atoms with van der Waals surface area (Å²) in [7, 11) is 3.14. The largest absolute Gasteiger partial charge is 0.508 e. The summed E-state index contributed by atoms with van der Waals surface area (Å²) in [4.78, 5) is 50.2. The van der Waals surface area contributed by atoms with Gasteiger partial charge in [-0.3, -0.25) is 9.59 Å². The number of carbonyl (C=O) groups is 4. The molecule has 0 unspecified atom stereocenters. The van der Waals surface area contributed by atoms with Crippen LogP contribution in [0.25, 0.3) is 11.1 Å². The molecule has 0 spiro atoms. The Labute approximate surface area is 219 Å². The first kappa shape index (κ1) is 28.6. The maximum absolute atomic E-state index is 13.2. The van der Waals surface area contributed by atoms with Gasteiger partial charge in [-0.2, -0.15) is 0 Å². The third kappa shape index (κ3) is 7.06. The number of hydrogen-bond donors (Lipinski definition) is 8. The standard InChI is InChI=1S/C26H32N4O8/c1-27-12-18(31)11-20-24(34)30-21(26(37)38)7-13-5-15(9-17(6-13)25(35)36)14-3-4-22(32)16(8-14)10-19(28-2)23(33)29-20/h3-6,8-9,18-21,27-28,31-32H,7,10-12H2,1-2H3,(H,29,33)(H,30,34)(H,35,36)(H,37,38)/t18-,19+,20+,21+/m1/s1. The number of fused-ring (bicyclic) bond motifs is 5. The summed E-state index contributed by atoms with van der Waals surface area (Å²) in [6.07, 6.45) is -1.43. The number of carbonyl (C=O) groups excluding carboxylic acids is 2. The molecule has 0 aliphatic carbocycles. The van der Waals surface area contributed by atoms with Crippen molar-refractivity contribution in [3.63, 3.8) is 0 Å². The molecule has 1 aliphatic rings. The molecule has 1 aliphatic heterocycles. The number of hydrogen-bond acceptors (Lipinski definition) is 8. The van der Waals surface area contributed by atoms with Gasteiger partial charge in [0, 0.05) is 25.8 Å². The summed E-state index contributed by atoms with van der Waals surface area (Å²) in [5.74, 6) is -4.06. The van der Waals surface area contributed by atoms with E-state index in [1.807, 2.05) is 0 Å². The van der Waals surface area contributed by atoms with E-state index in [2.05, 4.69) is 21.3 Å². The Hall–Kier alpha value is -4.00. The highest BCUT2D eigenvalue weighted by atomic mass is 16.4. The number of aliphatic hydroxyl groups is 1. The van der Waals surface area contributed by atoms with Crippen LogP contribution >= 0.6 is 0 Å². The highest BCUT2D eigenvalue weighted by molar-refractivity contribution is 5.93. The first-order valence-electron chi connectivity index (χ1n) is 12.0. The number of phenols is 1. The highest BCUT2D eigenvalue weighted by Gasteiger charge is 2.31. The van der Waals surface area contributed by atoms with Gasteiger partial charge in [0.15, 0.2) is 0 Å². The number of phenolic OH excluding ortho intramolecular Hbond substituents is 1. The molecule has 2 aromatic rings. The van der Waals surface area contributed by atoms with Crippen LogP contribution in [0.2, 0.25) is 0 Å². The van der Waals surface area contributed by atoms with Gasteiger partial charge in [-0.1, -0.05) is 12.1 Å². The predicted octanol–water partition coefficient (Wildman–Crippen LogP) is -0.531. The average Bonchev–Trinajstić information content (AvgIpc) is 2.86. The van der Waals surface area contributed by atoms with Crippen LogP contribution in [-0.4, -0.2) is 89.0 Å². The van der Waals surface area contributed by atoms with Crippen LogP contribution in [0.1, 0.15) is 27.9 Å². The monoisotopic (exact) mass is 528 g/mol. The van der Waals surface area contributed by atoms with Gasteiger partial charge < -0.3 is 41.7 Å². The first-order chi connectivity index (χ1) is 18.0. The number of aliphatic hydroxyl groups excluding tert-OH is 1. The number of aromatic hydroxyl groups is 1. The minimum Gasteiger partial charge on any atom is -0.508 e. The normalized spacial score (nSPS) is 20.9. The van der Waals surface area contributed by atoms with E-state index in [0.29, 0.717) is 22.3 Å². The van der Waals surface area contributed by atoms with E-state index in [9.17, 15) is 39.6 Å². The summed E-state index contributed by atoms with van der Waals surface area (Å²) in [5.41, 5.74) is 1.68. The lowest BCUT2D eigenvalue weighted by atomic mass is 9.94. The molecule has 3 rings (SSSR count). The Kier molecular flexibility index (Phi) is 9.40. The molecular formula is C26H32N4O8. The fourth-order valence-corrected chi connectivity index (χ4v) is 4.38. The summed E-state index contributed by atoms with van der Waals surface area (Å²) < 4.78 is 0. The number of carboxylic acid groups (broad SMARTS) is 2. The quantitative estimate of drug-likeness (QED) is 0.231. The second kappa shape index (κ2) is 12.5. The molecule has 0 saturated heterocycles. The van der Waals surface area contributed by atoms with Crippen molar-refractivity contribution in [2.75, 3.05) is 20.6 Å². The molecule has 2 aromatic carbocycles. The highest BCUT2D eigenvalue weighted by Crippen LogP contribution is 2.29. The SMILES string of the molecule is CNC[C@H](O)C[C@@H]1NC(=O)[C@@H](NC)Cc2cc(ccc2O)-c2cc(cc(C(=O)O)c2)C[C@@H](C(=O)O)NC1=O. The van der Waals surface area contributed by atoms with Crippen molar-refractivity contribution < 1.29 is 39.6 Å². The fourth-order valence-electron chi connectivity index (χ4n) is 4.38. The molecule has 12 nitrogen and oxygen atoms in total. The Morgan fingerprint density at radius 1 is 1.00 bits per heavy atom. The van der Waals surface area contributed by atoms with Crippen LogP contribution < -0.4 is 21.3 Å². The molecule has 204 valence electrons. The second-order valence-corrected chi connectivity index (χ2v) is 9.22. The van der Waals surface area contributed by atoms with Crippen molar-refractivity contribution in [3.8, 4) is 16.9 Å². The summed E-state index contributed by atoms with van der Waals surface area (Å²) in [6, 6.07) is 5.43. The van der Waals surface area contributed by atoms with Gasteiger partial charge in [-0.25, -0.2) is 9.59 Å². The van der Waals surface area contributed by atoms with Gasteiger partial charge in [0.2, 0.25) is 11.8 Å². The Balaban J connectivity index is 2.15. The van der Waals surface area contributed by atoms with Crippen molar-refractivity contribution in [1.29, 1.82) is 0 Å². The van der Waals surface area contributed by atoms with E-state index < -0.39 is 48.0 Å². The van der Waals surface area contributed by atoms with E-state index in [-0.39, 0.29) is 37.1 Å². The minimum atomic E-state index is -1.44. The zero-order valence-electron chi connectivity index (χ0n) is 21.0. The van der Waals surface area contributed by atoms with E-state index in [0.717, 1.165) is 0 Å². The molecule has 38 heavy (non-hydrogen) atoms. The minimum absolute atomic E-state index is 0.0264. The van der Waals surface area contributed by atoms with Crippen molar-refractivity contribution >= 4 is 23.8 Å². The molecule has 4 bridgehead atoms. The van der Waals surface area contributed by atoms with Crippen LogP contribution in [0.3, 0.4) is 0 Å². The topological polar surface area (TPSA) is 197 Å². The van der Waals surface area contributed by atoms with Crippen molar-refractivity contribution in [1.82, 2.24) is 21.3 Å². The van der Waals surface area contributed by atoms with Crippen molar-refractivity contribution in [3.05, 3.63) is 53.1 Å². The molecule has 4 atom stereocenters. The molecular weight excluding hydrogens is 496 g/mol. The van der Waals surface area contributed by atoms with Gasteiger partial charge in [0.25, 0.3) is 0 Å². The second-order valence-electron chi connectivity index (χ2n) is 9.22. The number of aliphatic carboxylic acids is 1. The smallest absolute Gasteiger partial charge is 0.335 e. The zero-order chi connectivity index (χ0) is 28.0. The van der Waals surface area contributed by atoms with Crippen LogP contribution in [0.4, 0.5) is 0 Å². The maximum atomic E-state index is 13.2. The van der Waals surface area contributed by atoms with E-state index in [1.165, 1.54) is 25.2 Å². The van der Waals surface area contributed by atoms with Crippen molar-refractivity contribution in [2.45, 2.75) is 43.5 Å². The van der Waals surface area contributed by atoms with Crippen LogP contribution in [0.15, 0.2) is 36.4 Å². The number of likely N-dealkylation sites (N-methyl/N-ethyl adjacent to an activating group) is 2. The number of carboxylic acids is 2. The van der Waals surface area contributed by atoms with E-state index in [1.54, 1.807) is 25.2 Å². The fraction of sp³-hybridized carbons (Fsp3) is 0.385. The average molecular weight is 529 g/mol. The lowest BCUT2D eigenvalue weighted by Gasteiger charge is -2.25. The lowest BCUT2D eigenvalue weighted by Crippen LogP contribution is -2.56. The van der Waals surface area contributed by atoms with Gasteiger partial charge in [0.05, 0.1) is 17.7 Å². The number of nitrogens with one attached hydrogen (secondary N) is 4. The summed E-state index contributed by atoms with van der Waals surface area (Å²) in [5, 5.41) is 50.9. The predicted molar refractivity (Wildman–Crippen MR) is 137 cm³/mol. The first-order valence-corrected chi connectivity index (χ1v) is 12.0. The molecule has 0 radical (unpaired) electrons. The van der Waals surface area contributed by atoms with Gasteiger partial charge in [0.1, 0.15) is 17.8 Å². The molecule has 0 fully saturated rings. The van der Waals surface area contributed by atoms with Gasteiger partial charge >= 0.3 is 11.9 Å².